The van der Waals surface area contributed by atoms with Crippen LogP contribution in [0.15, 0.2) is 35.1 Å². The lowest BCUT2D eigenvalue weighted by Crippen LogP contribution is -2.15. The van der Waals surface area contributed by atoms with Crippen molar-refractivity contribution in [3.63, 3.8) is 0 Å². The van der Waals surface area contributed by atoms with Gasteiger partial charge in [0.05, 0.1) is 12.8 Å². The standard InChI is InChI=1S/C16H19N5O2/c1-3-4-12-9-14(22)21-16(18-12)19-15(20-21)17-10-11-5-7-13(23-2)8-6-11/h5-9H,3-4,10H2,1-2H3,(H2,17,18,19,20). The monoisotopic (exact) mass is 313 g/mol. The van der Waals surface area contributed by atoms with Crippen molar-refractivity contribution in [3.8, 4) is 5.75 Å². The molecule has 0 aliphatic rings. The number of aromatic amines is 1. The molecular formula is C16H19N5O2. The smallest absolute Gasteiger partial charge is 0.274 e. The first-order valence-corrected chi connectivity index (χ1v) is 7.55. The molecule has 3 rings (SSSR count). The molecule has 120 valence electrons. The number of fused-ring (bicyclic) bond motifs is 1. The summed E-state index contributed by atoms with van der Waals surface area (Å²) in [6, 6.07) is 9.29. The molecule has 0 saturated carbocycles. The number of ether oxygens (including phenoxy) is 1. The molecule has 7 nitrogen and oxygen atoms in total. The minimum atomic E-state index is -0.150. The third-order valence-corrected chi connectivity index (χ3v) is 3.51. The van der Waals surface area contributed by atoms with Crippen LogP contribution < -0.4 is 15.6 Å². The first-order valence-electron chi connectivity index (χ1n) is 7.55. The highest BCUT2D eigenvalue weighted by Crippen LogP contribution is 2.12. The fraction of sp³-hybridized carbons (Fsp3) is 0.312. The Labute approximate surface area is 133 Å². The van der Waals surface area contributed by atoms with E-state index in [0.29, 0.717) is 18.3 Å². The molecule has 23 heavy (non-hydrogen) atoms. The first-order chi connectivity index (χ1) is 11.2. The van der Waals surface area contributed by atoms with Crippen LogP contribution in [-0.2, 0) is 13.0 Å². The molecule has 0 spiro atoms. The number of methoxy groups -OCH3 is 1. The molecule has 0 radical (unpaired) electrons. The molecule has 0 atom stereocenters. The van der Waals surface area contributed by atoms with Gasteiger partial charge in [0.1, 0.15) is 5.75 Å². The van der Waals surface area contributed by atoms with Crippen molar-refractivity contribution in [2.24, 2.45) is 0 Å². The van der Waals surface area contributed by atoms with E-state index in [2.05, 4.69) is 27.3 Å². The maximum Gasteiger partial charge on any atom is 0.274 e. The normalized spacial score (nSPS) is 10.9. The molecule has 0 amide bonds. The molecule has 0 bridgehead atoms. The van der Waals surface area contributed by atoms with Gasteiger partial charge in [-0.05, 0) is 24.1 Å². The Balaban J connectivity index is 1.77. The summed E-state index contributed by atoms with van der Waals surface area (Å²) in [5, 5.41) is 6.08. The van der Waals surface area contributed by atoms with Crippen LogP contribution in [0.3, 0.4) is 0 Å². The maximum absolute atomic E-state index is 12.0. The van der Waals surface area contributed by atoms with Gasteiger partial charge in [0.15, 0.2) is 0 Å². The van der Waals surface area contributed by atoms with Crippen molar-refractivity contribution in [1.29, 1.82) is 0 Å². The number of aromatic nitrogens is 4. The van der Waals surface area contributed by atoms with Gasteiger partial charge in [-0.2, -0.15) is 9.50 Å². The first kappa shape index (κ1) is 15.1. The number of rotatable bonds is 6. The Hall–Kier alpha value is -2.83. The summed E-state index contributed by atoms with van der Waals surface area (Å²) in [6.45, 7) is 2.64. The molecule has 2 N–H and O–H groups in total. The van der Waals surface area contributed by atoms with Gasteiger partial charge in [0.2, 0.25) is 5.95 Å². The highest BCUT2D eigenvalue weighted by molar-refractivity contribution is 5.38. The number of nitrogens with one attached hydrogen (secondary N) is 2. The lowest BCUT2D eigenvalue weighted by Gasteiger charge is -2.04. The summed E-state index contributed by atoms with van der Waals surface area (Å²) in [5.41, 5.74) is 1.70. The van der Waals surface area contributed by atoms with Crippen LogP contribution in [0.25, 0.3) is 5.78 Å². The highest BCUT2D eigenvalue weighted by atomic mass is 16.5. The molecule has 2 heterocycles. The SMILES string of the molecule is CCCc1cc(=O)n2[nH]c(NCc3ccc(OC)cc3)nc2n1. The van der Waals surface area contributed by atoms with E-state index in [1.807, 2.05) is 24.3 Å². The zero-order valence-corrected chi connectivity index (χ0v) is 13.2. The number of anilines is 1. The number of aryl methyl sites for hydroxylation is 1. The molecule has 0 unspecified atom stereocenters. The zero-order chi connectivity index (χ0) is 16.2. The van der Waals surface area contributed by atoms with Crippen molar-refractivity contribution in [2.45, 2.75) is 26.3 Å². The van der Waals surface area contributed by atoms with Crippen molar-refractivity contribution >= 4 is 11.7 Å². The molecule has 0 aliphatic heterocycles. The predicted octanol–water partition coefficient (Wildman–Crippen LogP) is 1.99. The highest BCUT2D eigenvalue weighted by Gasteiger charge is 2.07. The second kappa shape index (κ2) is 6.51. The minimum Gasteiger partial charge on any atom is -0.497 e. The molecule has 0 saturated heterocycles. The van der Waals surface area contributed by atoms with E-state index in [1.165, 1.54) is 4.52 Å². The Kier molecular flexibility index (Phi) is 4.27. The van der Waals surface area contributed by atoms with Crippen molar-refractivity contribution in [1.82, 2.24) is 19.6 Å². The molecule has 1 aromatic carbocycles. The largest absolute Gasteiger partial charge is 0.497 e. The van der Waals surface area contributed by atoms with Gasteiger partial charge in [-0.15, -0.1) is 0 Å². The summed E-state index contributed by atoms with van der Waals surface area (Å²) in [5.74, 6) is 1.72. The van der Waals surface area contributed by atoms with Gasteiger partial charge in [-0.3, -0.25) is 9.89 Å². The second-order valence-corrected chi connectivity index (χ2v) is 5.24. The molecule has 2 aromatic heterocycles. The lowest BCUT2D eigenvalue weighted by molar-refractivity contribution is 0.414. The van der Waals surface area contributed by atoms with E-state index < -0.39 is 0 Å². The number of hydrogen-bond acceptors (Lipinski definition) is 5. The van der Waals surface area contributed by atoms with Crippen LogP contribution in [0, 0.1) is 0 Å². The average molecular weight is 313 g/mol. The minimum absolute atomic E-state index is 0.150. The van der Waals surface area contributed by atoms with Crippen LogP contribution in [0.1, 0.15) is 24.6 Å². The summed E-state index contributed by atoms with van der Waals surface area (Å²) >= 11 is 0. The van der Waals surface area contributed by atoms with Gasteiger partial charge in [-0.25, -0.2) is 4.98 Å². The Morgan fingerprint density at radius 3 is 2.74 bits per heavy atom. The maximum atomic E-state index is 12.0. The lowest BCUT2D eigenvalue weighted by atomic mass is 10.2. The number of H-pyrrole nitrogens is 1. The summed E-state index contributed by atoms with van der Waals surface area (Å²) in [6.07, 6.45) is 1.71. The molecular weight excluding hydrogens is 294 g/mol. The Bertz CT molecular complexity index is 851. The van der Waals surface area contributed by atoms with Crippen LogP contribution in [-0.4, -0.2) is 26.7 Å². The Morgan fingerprint density at radius 2 is 2.04 bits per heavy atom. The van der Waals surface area contributed by atoms with Crippen LogP contribution in [0.5, 0.6) is 5.75 Å². The van der Waals surface area contributed by atoms with Gasteiger partial charge >= 0.3 is 0 Å². The Morgan fingerprint density at radius 1 is 1.26 bits per heavy atom. The second-order valence-electron chi connectivity index (χ2n) is 5.24. The van der Waals surface area contributed by atoms with E-state index in [9.17, 15) is 4.79 Å². The van der Waals surface area contributed by atoms with Gasteiger partial charge in [-0.1, -0.05) is 25.5 Å². The fourth-order valence-corrected chi connectivity index (χ4v) is 2.32. The van der Waals surface area contributed by atoms with Crippen molar-refractivity contribution in [2.75, 3.05) is 12.4 Å². The summed E-state index contributed by atoms with van der Waals surface area (Å²) < 4.78 is 6.47. The predicted molar refractivity (Wildman–Crippen MR) is 87.9 cm³/mol. The topological polar surface area (TPSA) is 84.3 Å². The third-order valence-electron chi connectivity index (χ3n) is 3.51. The van der Waals surface area contributed by atoms with E-state index in [0.717, 1.165) is 29.8 Å². The number of hydrogen-bond donors (Lipinski definition) is 2. The molecule has 3 aromatic rings. The van der Waals surface area contributed by atoms with E-state index >= 15 is 0 Å². The van der Waals surface area contributed by atoms with Gasteiger partial charge in [0, 0.05) is 12.6 Å². The summed E-state index contributed by atoms with van der Waals surface area (Å²) in [7, 11) is 1.64. The average Bonchev–Trinajstić information content (AvgIpc) is 2.97. The number of nitrogens with zero attached hydrogens (tertiary/aromatic N) is 3. The van der Waals surface area contributed by atoms with E-state index in [-0.39, 0.29) is 5.56 Å². The van der Waals surface area contributed by atoms with Crippen molar-refractivity contribution < 1.29 is 4.74 Å². The fourth-order valence-electron chi connectivity index (χ4n) is 2.32. The van der Waals surface area contributed by atoms with Crippen LogP contribution >= 0.6 is 0 Å². The van der Waals surface area contributed by atoms with Crippen LogP contribution in [0.4, 0.5) is 5.95 Å². The van der Waals surface area contributed by atoms with E-state index in [4.69, 9.17) is 4.74 Å². The number of benzene rings is 1. The summed E-state index contributed by atoms with van der Waals surface area (Å²) in [4.78, 5) is 20.8. The van der Waals surface area contributed by atoms with Gasteiger partial charge < -0.3 is 10.1 Å². The van der Waals surface area contributed by atoms with E-state index in [1.54, 1.807) is 13.2 Å². The van der Waals surface area contributed by atoms with Gasteiger partial charge in [0.25, 0.3) is 11.3 Å². The third kappa shape index (κ3) is 3.33. The van der Waals surface area contributed by atoms with Crippen LogP contribution in [0.2, 0.25) is 0 Å². The van der Waals surface area contributed by atoms with Crippen molar-refractivity contribution in [3.05, 3.63) is 51.9 Å². The molecule has 0 aliphatic carbocycles. The zero-order valence-electron chi connectivity index (χ0n) is 13.2. The molecule has 0 fully saturated rings. The molecule has 7 heteroatoms. The quantitative estimate of drug-likeness (QED) is 0.727.